The molecule has 1 heterocycles. The molecule has 7 heteroatoms. The van der Waals surface area contributed by atoms with Crippen molar-refractivity contribution in [2.45, 2.75) is 26.4 Å². The van der Waals surface area contributed by atoms with Crippen LogP contribution in [0.1, 0.15) is 28.0 Å². The minimum atomic E-state index is -0.110. The Balaban J connectivity index is 1.83. The predicted octanol–water partition coefficient (Wildman–Crippen LogP) is 1.63. The van der Waals surface area contributed by atoms with E-state index in [1.54, 1.807) is 36.2 Å². The maximum absolute atomic E-state index is 11.9. The van der Waals surface area contributed by atoms with E-state index in [0.717, 1.165) is 22.6 Å². The molecular weight excluding hydrogens is 326 g/mol. The topological polar surface area (TPSA) is 71.4 Å². The summed E-state index contributed by atoms with van der Waals surface area (Å²) in [4.78, 5) is 36.8. The first-order chi connectivity index (χ1) is 11.4. The Labute approximate surface area is 144 Å². The minimum absolute atomic E-state index is 0.0403. The van der Waals surface area contributed by atoms with Crippen LogP contribution in [0.25, 0.3) is 0 Å². The van der Waals surface area contributed by atoms with Crippen molar-refractivity contribution in [2.24, 2.45) is 0 Å². The highest BCUT2D eigenvalue weighted by Crippen LogP contribution is 2.06. The molecule has 0 aliphatic heterocycles. The van der Waals surface area contributed by atoms with Crippen LogP contribution in [0.15, 0.2) is 34.4 Å². The van der Waals surface area contributed by atoms with E-state index in [1.165, 1.54) is 4.90 Å². The first-order valence-corrected chi connectivity index (χ1v) is 8.48. The van der Waals surface area contributed by atoms with Crippen molar-refractivity contribution in [2.75, 3.05) is 14.1 Å². The monoisotopic (exact) mass is 347 g/mol. The first kappa shape index (κ1) is 17.9. The Morgan fingerprint density at radius 3 is 2.42 bits per heavy atom. The van der Waals surface area contributed by atoms with Gasteiger partial charge in [-0.15, -0.1) is 0 Å². The van der Waals surface area contributed by atoms with Crippen LogP contribution in [0.5, 0.6) is 0 Å². The largest absolute Gasteiger partial charge is 0.352 e. The Bertz CT molecular complexity index is 775. The molecule has 2 rings (SSSR count). The highest BCUT2D eigenvalue weighted by Gasteiger charge is 2.08. The summed E-state index contributed by atoms with van der Waals surface area (Å²) in [5.74, 6) is -0.164. The highest BCUT2D eigenvalue weighted by atomic mass is 32.1. The first-order valence-electron chi connectivity index (χ1n) is 7.60. The number of carbonyl (C=O) groups is 2. The van der Waals surface area contributed by atoms with Crippen molar-refractivity contribution in [1.29, 1.82) is 0 Å². The molecule has 0 spiro atoms. The fraction of sp³-hybridized carbons (Fsp3) is 0.353. The van der Waals surface area contributed by atoms with Crippen LogP contribution >= 0.6 is 11.3 Å². The minimum Gasteiger partial charge on any atom is -0.352 e. The van der Waals surface area contributed by atoms with Crippen LogP contribution < -0.4 is 10.2 Å². The number of aromatic nitrogens is 1. The van der Waals surface area contributed by atoms with E-state index in [4.69, 9.17) is 0 Å². The van der Waals surface area contributed by atoms with E-state index < -0.39 is 0 Å². The van der Waals surface area contributed by atoms with E-state index >= 15 is 0 Å². The number of benzene rings is 1. The second-order valence-electron chi connectivity index (χ2n) is 5.72. The normalized spacial score (nSPS) is 10.5. The molecule has 1 N–H and O–H groups in total. The zero-order valence-electron chi connectivity index (χ0n) is 14.0. The molecule has 1 aromatic carbocycles. The standard InChI is InChI=1S/C17H21N3O3S/c1-12-11-24-17(23)20(12)9-8-15(21)18-10-13-4-6-14(7-5-13)16(22)19(2)3/h4-7,11H,8-10H2,1-3H3,(H,18,21). The lowest BCUT2D eigenvalue weighted by atomic mass is 10.1. The van der Waals surface area contributed by atoms with Crippen LogP contribution in [-0.4, -0.2) is 35.4 Å². The third kappa shape index (κ3) is 4.55. The third-order valence-corrected chi connectivity index (χ3v) is 4.52. The highest BCUT2D eigenvalue weighted by molar-refractivity contribution is 7.07. The molecule has 6 nitrogen and oxygen atoms in total. The Kier molecular flexibility index (Phi) is 5.92. The van der Waals surface area contributed by atoms with Crippen molar-refractivity contribution >= 4 is 23.2 Å². The van der Waals surface area contributed by atoms with Gasteiger partial charge in [-0.25, -0.2) is 0 Å². The smallest absolute Gasteiger partial charge is 0.307 e. The molecule has 0 aliphatic carbocycles. The van der Waals surface area contributed by atoms with Gasteiger partial charge in [0, 0.05) is 50.2 Å². The number of nitrogens with zero attached hydrogens (tertiary/aromatic N) is 2. The molecule has 1 aromatic heterocycles. The van der Waals surface area contributed by atoms with Gasteiger partial charge in [-0.3, -0.25) is 14.4 Å². The maximum atomic E-state index is 11.9. The zero-order chi connectivity index (χ0) is 17.7. The zero-order valence-corrected chi connectivity index (χ0v) is 14.9. The van der Waals surface area contributed by atoms with E-state index in [0.29, 0.717) is 18.7 Å². The van der Waals surface area contributed by atoms with Crippen molar-refractivity contribution in [3.63, 3.8) is 0 Å². The summed E-state index contributed by atoms with van der Waals surface area (Å²) in [5.41, 5.74) is 2.41. The summed E-state index contributed by atoms with van der Waals surface area (Å²) < 4.78 is 1.60. The molecule has 0 fully saturated rings. The molecular formula is C17H21N3O3S. The maximum Gasteiger partial charge on any atom is 0.307 e. The Hall–Kier alpha value is -2.41. The molecule has 0 aliphatic rings. The molecule has 2 amide bonds. The summed E-state index contributed by atoms with van der Waals surface area (Å²) in [6.07, 6.45) is 0.259. The summed E-state index contributed by atoms with van der Waals surface area (Å²) in [5, 5.41) is 4.61. The van der Waals surface area contributed by atoms with Crippen LogP contribution in [0.2, 0.25) is 0 Å². The summed E-state index contributed by atoms with van der Waals surface area (Å²) in [6.45, 7) is 2.63. The van der Waals surface area contributed by atoms with E-state index in [-0.39, 0.29) is 23.1 Å². The number of aryl methyl sites for hydroxylation is 1. The van der Waals surface area contributed by atoms with Gasteiger partial charge in [-0.1, -0.05) is 23.5 Å². The Morgan fingerprint density at radius 1 is 1.21 bits per heavy atom. The second-order valence-corrected chi connectivity index (χ2v) is 6.54. The van der Waals surface area contributed by atoms with Crippen LogP contribution in [-0.2, 0) is 17.9 Å². The summed E-state index contributed by atoms with van der Waals surface area (Å²) in [6, 6.07) is 7.14. The van der Waals surface area contributed by atoms with Crippen molar-refractivity contribution in [3.8, 4) is 0 Å². The van der Waals surface area contributed by atoms with Gasteiger partial charge >= 0.3 is 4.87 Å². The van der Waals surface area contributed by atoms with Crippen LogP contribution in [0, 0.1) is 6.92 Å². The van der Waals surface area contributed by atoms with Gasteiger partial charge in [0.2, 0.25) is 5.91 Å². The van der Waals surface area contributed by atoms with E-state index in [9.17, 15) is 14.4 Å². The number of hydrogen-bond donors (Lipinski definition) is 1. The van der Waals surface area contributed by atoms with Gasteiger partial charge in [0.05, 0.1) is 0 Å². The number of rotatable bonds is 6. The number of amides is 2. The van der Waals surface area contributed by atoms with Gasteiger partial charge in [0.25, 0.3) is 5.91 Å². The second kappa shape index (κ2) is 7.92. The fourth-order valence-electron chi connectivity index (χ4n) is 2.20. The van der Waals surface area contributed by atoms with Crippen molar-refractivity contribution in [3.05, 3.63) is 56.1 Å². The number of thiazole rings is 1. The molecule has 0 bridgehead atoms. The molecule has 0 saturated heterocycles. The van der Waals surface area contributed by atoms with Crippen LogP contribution in [0.4, 0.5) is 0 Å². The van der Waals surface area contributed by atoms with Gasteiger partial charge in [0.15, 0.2) is 0 Å². The molecule has 24 heavy (non-hydrogen) atoms. The quantitative estimate of drug-likeness (QED) is 0.863. The number of nitrogens with one attached hydrogen (secondary N) is 1. The fourth-order valence-corrected chi connectivity index (χ4v) is 2.96. The summed E-state index contributed by atoms with van der Waals surface area (Å²) >= 11 is 1.14. The molecule has 128 valence electrons. The van der Waals surface area contributed by atoms with Gasteiger partial charge in [-0.2, -0.15) is 0 Å². The van der Waals surface area contributed by atoms with E-state index in [2.05, 4.69) is 5.32 Å². The van der Waals surface area contributed by atoms with Crippen molar-refractivity contribution in [1.82, 2.24) is 14.8 Å². The van der Waals surface area contributed by atoms with Gasteiger partial charge < -0.3 is 14.8 Å². The average molecular weight is 347 g/mol. The molecule has 0 radical (unpaired) electrons. The lowest BCUT2D eigenvalue weighted by Gasteiger charge is -2.11. The lowest BCUT2D eigenvalue weighted by Crippen LogP contribution is -2.26. The van der Waals surface area contributed by atoms with E-state index in [1.807, 2.05) is 19.1 Å². The SMILES string of the molecule is Cc1csc(=O)n1CCC(=O)NCc1ccc(C(=O)N(C)C)cc1. The number of hydrogen-bond acceptors (Lipinski definition) is 4. The van der Waals surface area contributed by atoms with Crippen LogP contribution in [0.3, 0.4) is 0 Å². The van der Waals surface area contributed by atoms with Gasteiger partial charge in [0.1, 0.15) is 0 Å². The molecule has 2 aromatic rings. The lowest BCUT2D eigenvalue weighted by molar-refractivity contribution is -0.121. The predicted molar refractivity (Wildman–Crippen MR) is 94.2 cm³/mol. The summed E-state index contributed by atoms with van der Waals surface area (Å²) in [7, 11) is 3.41. The molecule has 0 unspecified atom stereocenters. The Morgan fingerprint density at radius 2 is 1.88 bits per heavy atom. The molecule has 0 saturated carbocycles. The van der Waals surface area contributed by atoms with Gasteiger partial charge in [-0.05, 0) is 24.6 Å². The molecule has 0 atom stereocenters. The average Bonchev–Trinajstić information content (AvgIpc) is 2.89. The number of carbonyl (C=O) groups excluding carboxylic acids is 2. The van der Waals surface area contributed by atoms with Crippen molar-refractivity contribution < 1.29 is 9.59 Å². The third-order valence-electron chi connectivity index (χ3n) is 3.64.